The Bertz CT molecular complexity index is 1530. The fourth-order valence-electron chi connectivity index (χ4n) is 3.53. The van der Waals surface area contributed by atoms with E-state index >= 15 is 0 Å². The quantitative estimate of drug-likeness (QED) is 0.164. The molecule has 0 bridgehead atoms. The number of nitrogens with zero attached hydrogens (tertiary/aromatic N) is 1. The smallest absolute Gasteiger partial charge is 0.281 e. The van der Waals surface area contributed by atoms with Crippen molar-refractivity contribution in [1.82, 2.24) is 10.7 Å². The van der Waals surface area contributed by atoms with Crippen molar-refractivity contribution in [3.63, 3.8) is 0 Å². The van der Waals surface area contributed by atoms with E-state index in [4.69, 9.17) is 17.3 Å². The van der Waals surface area contributed by atoms with Gasteiger partial charge in [-0.15, -0.1) is 22.7 Å². The molecule has 0 aliphatic heterocycles. The van der Waals surface area contributed by atoms with Crippen molar-refractivity contribution in [3.05, 3.63) is 97.5 Å². The molecule has 1 unspecified atom stereocenters. The van der Waals surface area contributed by atoms with Crippen molar-refractivity contribution in [3.8, 4) is 16.2 Å². The maximum Gasteiger partial charge on any atom is 0.281 e. The van der Waals surface area contributed by atoms with Gasteiger partial charge in [-0.05, 0) is 61.4 Å². The monoisotopic (exact) mass is 566 g/mol. The van der Waals surface area contributed by atoms with Gasteiger partial charge in [0, 0.05) is 16.0 Å². The summed E-state index contributed by atoms with van der Waals surface area (Å²) in [5, 5.41) is 20.1. The number of amides is 3. The number of carbonyl (C=O) groups is 3. The average Bonchev–Trinajstić information content (AvgIpc) is 3.55. The molecule has 38 heavy (non-hydrogen) atoms. The number of carbonyl (C=O) groups excluding carboxylic acids is 3. The van der Waals surface area contributed by atoms with E-state index in [0.29, 0.717) is 36.5 Å². The van der Waals surface area contributed by atoms with Crippen LogP contribution in [0.1, 0.15) is 60.7 Å². The summed E-state index contributed by atoms with van der Waals surface area (Å²) in [6.45, 7) is 3.49. The number of rotatable bonds is 8. The van der Waals surface area contributed by atoms with Crippen molar-refractivity contribution in [1.29, 1.82) is 0 Å². The van der Waals surface area contributed by atoms with E-state index < -0.39 is 11.8 Å². The zero-order chi connectivity index (χ0) is 27.4. The van der Waals surface area contributed by atoms with Gasteiger partial charge in [0.15, 0.2) is 0 Å². The number of nitrogens with one attached hydrogen (secondary N) is 2. The molecule has 0 spiro atoms. The number of aromatic hydroxyl groups is 1. The number of benzene rings is 2. The molecule has 0 fully saturated rings. The van der Waals surface area contributed by atoms with Crippen LogP contribution in [0.15, 0.2) is 71.1 Å². The van der Waals surface area contributed by atoms with Crippen LogP contribution in [0.5, 0.6) is 5.75 Å². The number of halogens is 1. The second kappa shape index (κ2) is 11.6. The number of thiophene rings is 2. The SMILES string of the molecule is CC(=NNC(=O)c1ccc(C(=O)NC(C)c2ccc(C(N)=O)cc2)s1)c1csc(-c2ccc(Cl)cc2)c1O. The predicted octanol–water partition coefficient (Wildman–Crippen LogP) is 5.58. The number of hydrogen-bond donors (Lipinski definition) is 4. The Labute approximate surface area is 231 Å². The second-order valence-corrected chi connectivity index (χ2v) is 10.7. The molecule has 5 N–H and O–H groups in total. The summed E-state index contributed by atoms with van der Waals surface area (Å²) in [4.78, 5) is 37.9. The normalized spacial score (nSPS) is 12.1. The van der Waals surface area contributed by atoms with Crippen LogP contribution in [-0.4, -0.2) is 28.5 Å². The van der Waals surface area contributed by atoms with Crippen molar-refractivity contribution >= 4 is 57.7 Å². The molecule has 0 aliphatic carbocycles. The van der Waals surface area contributed by atoms with E-state index in [-0.39, 0.29) is 17.7 Å². The number of nitrogens with two attached hydrogens (primary N) is 1. The molecule has 4 aromatic rings. The second-order valence-electron chi connectivity index (χ2n) is 8.32. The van der Waals surface area contributed by atoms with Gasteiger partial charge < -0.3 is 16.2 Å². The Morgan fingerprint density at radius 3 is 2.24 bits per heavy atom. The molecule has 2 aromatic heterocycles. The molecule has 8 nitrogen and oxygen atoms in total. The molecular formula is C27H23ClN4O4S2. The summed E-state index contributed by atoms with van der Waals surface area (Å²) >= 11 is 8.33. The van der Waals surface area contributed by atoms with Crippen LogP contribution in [-0.2, 0) is 0 Å². The van der Waals surface area contributed by atoms with Crippen LogP contribution < -0.4 is 16.5 Å². The minimum Gasteiger partial charge on any atom is -0.506 e. The molecule has 2 heterocycles. The zero-order valence-electron chi connectivity index (χ0n) is 20.3. The van der Waals surface area contributed by atoms with E-state index in [1.165, 1.54) is 11.3 Å². The van der Waals surface area contributed by atoms with Crippen LogP contribution in [0.25, 0.3) is 10.4 Å². The third kappa shape index (κ3) is 6.10. The zero-order valence-corrected chi connectivity index (χ0v) is 22.7. The Balaban J connectivity index is 1.38. The van der Waals surface area contributed by atoms with Crippen LogP contribution >= 0.6 is 34.3 Å². The lowest BCUT2D eigenvalue weighted by molar-refractivity contribution is 0.0940. The first kappa shape index (κ1) is 27.1. The topological polar surface area (TPSA) is 134 Å². The maximum atomic E-state index is 12.7. The number of hydrazone groups is 1. The van der Waals surface area contributed by atoms with Crippen molar-refractivity contribution in [2.45, 2.75) is 19.9 Å². The molecule has 0 saturated heterocycles. The highest BCUT2D eigenvalue weighted by Gasteiger charge is 2.18. The van der Waals surface area contributed by atoms with E-state index in [2.05, 4.69) is 15.8 Å². The van der Waals surface area contributed by atoms with Crippen molar-refractivity contribution in [2.75, 3.05) is 0 Å². The molecule has 2 aromatic carbocycles. The van der Waals surface area contributed by atoms with Gasteiger partial charge in [-0.3, -0.25) is 14.4 Å². The highest BCUT2D eigenvalue weighted by atomic mass is 35.5. The van der Waals surface area contributed by atoms with Gasteiger partial charge in [-0.2, -0.15) is 5.10 Å². The molecule has 0 aliphatic rings. The lowest BCUT2D eigenvalue weighted by atomic mass is 10.1. The van der Waals surface area contributed by atoms with Gasteiger partial charge in [0.1, 0.15) is 5.75 Å². The van der Waals surface area contributed by atoms with Crippen LogP contribution in [0.3, 0.4) is 0 Å². The Morgan fingerprint density at radius 1 is 0.974 bits per heavy atom. The Kier molecular flexibility index (Phi) is 8.26. The number of hydrogen-bond acceptors (Lipinski definition) is 7. The molecule has 3 amide bonds. The van der Waals surface area contributed by atoms with Crippen molar-refractivity contribution < 1.29 is 19.5 Å². The highest BCUT2D eigenvalue weighted by molar-refractivity contribution is 7.16. The third-order valence-corrected chi connectivity index (χ3v) is 8.04. The minimum atomic E-state index is -0.521. The van der Waals surface area contributed by atoms with Gasteiger partial charge in [0.2, 0.25) is 5.91 Å². The first-order chi connectivity index (χ1) is 18.1. The summed E-state index contributed by atoms with van der Waals surface area (Å²) in [5.74, 6) is -1.26. The minimum absolute atomic E-state index is 0.0706. The van der Waals surface area contributed by atoms with Crippen LogP contribution in [0.4, 0.5) is 0 Å². The van der Waals surface area contributed by atoms with Gasteiger partial charge in [0.25, 0.3) is 11.8 Å². The van der Waals surface area contributed by atoms with Crippen LogP contribution in [0.2, 0.25) is 5.02 Å². The molecule has 1 atom stereocenters. The van der Waals surface area contributed by atoms with Gasteiger partial charge in [-0.25, -0.2) is 5.43 Å². The molecule has 194 valence electrons. The van der Waals surface area contributed by atoms with Crippen molar-refractivity contribution in [2.24, 2.45) is 10.8 Å². The standard InChI is InChI=1S/C27H23ClN4O4S2/c1-14(16-3-5-18(6-4-16)25(29)34)30-26(35)21-11-12-22(38-21)27(36)32-31-15(2)20-13-37-24(23(20)33)17-7-9-19(28)10-8-17/h3-14,33H,1-2H3,(H2,29,34)(H,30,35)(H,32,36). The summed E-state index contributed by atoms with van der Waals surface area (Å²) in [7, 11) is 0. The summed E-state index contributed by atoms with van der Waals surface area (Å²) in [6, 6.07) is 16.6. The highest BCUT2D eigenvalue weighted by Crippen LogP contribution is 2.39. The largest absolute Gasteiger partial charge is 0.506 e. The summed E-state index contributed by atoms with van der Waals surface area (Å²) in [6.07, 6.45) is 0. The maximum absolute atomic E-state index is 12.7. The molecule has 4 rings (SSSR count). The van der Waals surface area contributed by atoms with Gasteiger partial charge in [-0.1, -0.05) is 35.9 Å². The summed E-state index contributed by atoms with van der Waals surface area (Å²) < 4.78 is 0. The van der Waals surface area contributed by atoms with E-state index in [1.807, 2.05) is 19.1 Å². The Morgan fingerprint density at radius 2 is 1.61 bits per heavy atom. The third-order valence-electron chi connectivity index (χ3n) is 5.68. The fourth-order valence-corrected chi connectivity index (χ4v) is 5.47. The van der Waals surface area contributed by atoms with Gasteiger partial charge in [0.05, 0.1) is 31.9 Å². The van der Waals surface area contributed by atoms with Crippen LogP contribution in [0, 0.1) is 0 Å². The Hall–Kier alpha value is -3.99. The molecule has 0 saturated carbocycles. The van der Waals surface area contributed by atoms with E-state index in [9.17, 15) is 19.5 Å². The molecular weight excluding hydrogens is 544 g/mol. The molecule has 11 heteroatoms. The fraction of sp³-hybridized carbons (Fsp3) is 0.111. The number of primary amides is 1. The lowest BCUT2D eigenvalue weighted by Crippen LogP contribution is -2.26. The summed E-state index contributed by atoms with van der Waals surface area (Å²) in [5.41, 5.74) is 10.7. The lowest BCUT2D eigenvalue weighted by Gasteiger charge is -2.14. The first-order valence-corrected chi connectivity index (χ1v) is 13.4. The predicted molar refractivity (Wildman–Crippen MR) is 151 cm³/mol. The van der Waals surface area contributed by atoms with E-state index in [1.54, 1.807) is 60.8 Å². The molecule has 0 radical (unpaired) electrons. The average molecular weight is 567 g/mol. The van der Waals surface area contributed by atoms with E-state index in [0.717, 1.165) is 22.5 Å². The first-order valence-electron chi connectivity index (χ1n) is 11.4. The van der Waals surface area contributed by atoms with Gasteiger partial charge >= 0.3 is 0 Å².